The van der Waals surface area contributed by atoms with Gasteiger partial charge in [0, 0.05) is 31.3 Å². The quantitative estimate of drug-likeness (QED) is 0.762. The molecule has 4 atom stereocenters. The zero-order valence-corrected chi connectivity index (χ0v) is 17.5. The lowest BCUT2D eigenvalue weighted by molar-refractivity contribution is -0.129. The predicted octanol–water partition coefficient (Wildman–Crippen LogP) is 2.01. The van der Waals surface area contributed by atoms with Crippen LogP contribution < -0.4 is 5.32 Å². The van der Waals surface area contributed by atoms with E-state index in [-0.39, 0.29) is 24.5 Å². The third kappa shape index (κ3) is 4.98. The van der Waals surface area contributed by atoms with Gasteiger partial charge in [-0.05, 0) is 69.7 Å². The van der Waals surface area contributed by atoms with Crippen molar-refractivity contribution in [2.45, 2.75) is 37.8 Å². The average Bonchev–Trinajstić information content (AvgIpc) is 3.47. The van der Waals surface area contributed by atoms with Crippen LogP contribution in [0.1, 0.15) is 36.0 Å². The maximum Gasteiger partial charge on any atom is 0.251 e. The van der Waals surface area contributed by atoms with Gasteiger partial charge in [-0.15, -0.1) is 0 Å². The van der Waals surface area contributed by atoms with Crippen LogP contribution >= 0.6 is 0 Å². The Labute approximate surface area is 173 Å². The third-order valence-corrected chi connectivity index (χ3v) is 6.78. The van der Waals surface area contributed by atoms with Crippen LogP contribution in [-0.2, 0) is 9.53 Å². The number of amides is 2. The fourth-order valence-corrected chi connectivity index (χ4v) is 4.82. The van der Waals surface area contributed by atoms with Gasteiger partial charge in [-0.1, -0.05) is 18.2 Å². The van der Waals surface area contributed by atoms with Crippen molar-refractivity contribution in [1.29, 1.82) is 0 Å². The highest BCUT2D eigenvalue weighted by molar-refractivity contribution is 5.96. The topological polar surface area (TPSA) is 61.9 Å². The summed E-state index contributed by atoms with van der Waals surface area (Å²) < 4.78 is 6.31. The molecule has 0 unspecified atom stereocenters. The highest BCUT2D eigenvalue weighted by Crippen LogP contribution is 2.40. The first-order chi connectivity index (χ1) is 14.0. The number of likely N-dealkylation sites (tertiary alicyclic amines) is 1. The van der Waals surface area contributed by atoms with E-state index in [4.69, 9.17) is 4.74 Å². The first-order valence-corrected chi connectivity index (χ1v) is 10.9. The number of likely N-dealkylation sites (N-methyl/N-ethyl adjacent to an activating group) is 1. The number of fused-ring (bicyclic) bond motifs is 1. The van der Waals surface area contributed by atoms with Gasteiger partial charge in [0.25, 0.3) is 5.91 Å². The molecule has 3 aliphatic rings. The maximum atomic E-state index is 12.7. The molecule has 29 heavy (non-hydrogen) atoms. The lowest BCUT2D eigenvalue weighted by Gasteiger charge is -2.41. The summed E-state index contributed by atoms with van der Waals surface area (Å²) >= 11 is 0. The molecule has 2 aliphatic carbocycles. The fourth-order valence-electron chi connectivity index (χ4n) is 4.82. The van der Waals surface area contributed by atoms with Crippen LogP contribution in [0.15, 0.2) is 30.3 Å². The SMILES string of the molecule is CN(C)[C@@H]1C[C@@H]2CN(C(=O)CNC(=O)c3ccccc3)C[C@@H]2C[C@H]1OCC1CC1. The molecule has 0 aromatic heterocycles. The van der Waals surface area contributed by atoms with Crippen LogP contribution in [0.2, 0.25) is 0 Å². The second-order valence-corrected chi connectivity index (χ2v) is 9.19. The molecule has 158 valence electrons. The van der Waals surface area contributed by atoms with Crippen LogP contribution in [-0.4, -0.2) is 74.1 Å². The lowest BCUT2D eigenvalue weighted by atomic mass is 9.77. The van der Waals surface area contributed by atoms with Gasteiger partial charge in [-0.3, -0.25) is 9.59 Å². The van der Waals surface area contributed by atoms with Crippen molar-refractivity contribution in [2.24, 2.45) is 17.8 Å². The minimum atomic E-state index is -0.197. The maximum absolute atomic E-state index is 12.7. The monoisotopic (exact) mass is 399 g/mol. The molecule has 0 spiro atoms. The molecule has 1 N–H and O–H groups in total. The summed E-state index contributed by atoms with van der Waals surface area (Å²) in [7, 11) is 4.27. The molecule has 2 amide bonds. The number of nitrogens with zero attached hydrogens (tertiary/aromatic N) is 2. The Bertz CT molecular complexity index is 719. The summed E-state index contributed by atoms with van der Waals surface area (Å²) in [5, 5.41) is 2.77. The predicted molar refractivity (Wildman–Crippen MR) is 112 cm³/mol. The highest BCUT2D eigenvalue weighted by Gasteiger charge is 2.44. The molecular formula is C23H33N3O3. The molecule has 1 aliphatic heterocycles. The van der Waals surface area contributed by atoms with E-state index >= 15 is 0 Å². The molecule has 1 saturated heterocycles. The van der Waals surface area contributed by atoms with E-state index in [1.165, 1.54) is 12.8 Å². The zero-order chi connectivity index (χ0) is 20.4. The smallest absolute Gasteiger partial charge is 0.251 e. The Kier molecular flexibility index (Phi) is 6.20. The van der Waals surface area contributed by atoms with Crippen LogP contribution in [0.4, 0.5) is 0 Å². The number of hydrogen-bond donors (Lipinski definition) is 1. The van der Waals surface area contributed by atoms with Crippen molar-refractivity contribution in [1.82, 2.24) is 15.1 Å². The van der Waals surface area contributed by atoms with Crippen LogP contribution in [0.3, 0.4) is 0 Å². The number of hydrogen-bond acceptors (Lipinski definition) is 4. The van der Waals surface area contributed by atoms with E-state index in [1.807, 2.05) is 23.1 Å². The van der Waals surface area contributed by atoms with Gasteiger partial charge >= 0.3 is 0 Å². The number of carbonyl (C=O) groups excluding carboxylic acids is 2. The van der Waals surface area contributed by atoms with Gasteiger partial charge in [0.1, 0.15) is 0 Å². The Balaban J connectivity index is 1.30. The van der Waals surface area contributed by atoms with Crippen LogP contribution in [0.25, 0.3) is 0 Å². The minimum Gasteiger partial charge on any atom is -0.376 e. The zero-order valence-electron chi connectivity index (χ0n) is 17.5. The van der Waals surface area contributed by atoms with E-state index in [1.54, 1.807) is 12.1 Å². The Morgan fingerprint density at radius 1 is 1.10 bits per heavy atom. The molecule has 4 rings (SSSR count). The number of ether oxygens (including phenoxy) is 1. The summed E-state index contributed by atoms with van der Waals surface area (Å²) in [6.07, 6.45) is 4.98. The molecule has 0 bridgehead atoms. The van der Waals surface area contributed by atoms with Gasteiger partial charge < -0.3 is 19.9 Å². The first-order valence-electron chi connectivity index (χ1n) is 10.9. The van der Waals surface area contributed by atoms with Gasteiger partial charge in [0.2, 0.25) is 5.91 Å². The minimum absolute atomic E-state index is 0.0144. The molecule has 1 aromatic carbocycles. The van der Waals surface area contributed by atoms with E-state index < -0.39 is 0 Å². The number of rotatable bonds is 7. The molecule has 0 radical (unpaired) electrons. The number of nitrogens with one attached hydrogen (secondary N) is 1. The molecular weight excluding hydrogens is 366 g/mol. The lowest BCUT2D eigenvalue weighted by Crippen LogP contribution is -2.48. The van der Waals surface area contributed by atoms with Gasteiger partial charge in [0.05, 0.1) is 12.6 Å². The van der Waals surface area contributed by atoms with Crippen molar-refractivity contribution >= 4 is 11.8 Å². The Hall–Kier alpha value is -1.92. The van der Waals surface area contributed by atoms with Gasteiger partial charge in [-0.25, -0.2) is 0 Å². The van der Waals surface area contributed by atoms with E-state index in [2.05, 4.69) is 24.3 Å². The summed E-state index contributed by atoms with van der Waals surface area (Å²) in [5.41, 5.74) is 0.583. The van der Waals surface area contributed by atoms with Crippen molar-refractivity contribution in [3.63, 3.8) is 0 Å². The van der Waals surface area contributed by atoms with Crippen LogP contribution in [0.5, 0.6) is 0 Å². The van der Waals surface area contributed by atoms with Crippen molar-refractivity contribution in [2.75, 3.05) is 40.3 Å². The summed E-state index contributed by atoms with van der Waals surface area (Å²) in [6.45, 7) is 2.53. The molecule has 3 fully saturated rings. The molecule has 2 saturated carbocycles. The normalized spacial score (nSPS) is 29.0. The standard InChI is InChI=1S/C23H33N3O3/c1-25(2)20-10-18-13-26(14-19(18)11-21(20)29-15-16-8-9-16)22(27)12-24-23(28)17-6-4-3-5-7-17/h3-7,16,18-21H,8-15H2,1-2H3,(H,24,28)/t18-,19+,20-,21-/m1/s1. The van der Waals surface area contributed by atoms with E-state index in [0.29, 0.717) is 23.4 Å². The number of benzene rings is 1. The summed E-state index contributed by atoms with van der Waals surface area (Å²) in [5.74, 6) is 1.61. The van der Waals surface area contributed by atoms with Crippen molar-refractivity contribution in [3.8, 4) is 0 Å². The average molecular weight is 400 g/mol. The second-order valence-electron chi connectivity index (χ2n) is 9.19. The second kappa shape index (κ2) is 8.84. The summed E-state index contributed by atoms with van der Waals surface area (Å²) in [4.78, 5) is 29.1. The fraction of sp³-hybridized carbons (Fsp3) is 0.652. The first kappa shape index (κ1) is 20.4. The molecule has 6 nitrogen and oxygen atoms in total. The highest BCUT2D eigenvalue weighted by atomic mass is 16.5. The van der Waals surface area contributed by atoms with E-state index in [9.17, 15) is 9.59 Å². The third-order valence-electron chi connectivity index (χ3n) is 6.78. The Morgan fingerprint density at radius 2 is 1.79 bits per heavy atom. The summed E-state index contributed by atoms with van der Waals surface area (Å²) in [6, 6.07) is 9.45. The molecule has 1 heterocycles. The van der Waals surface area contributed by atoms with Crippen molar-refractivity contribution < 1.29 is 14.3 Å². The Morgan fingerprint density at radius 3 is 2.45 bits per heavy atom. The van der Waals surface area contributed by atoms with Gasteiger partial charge in [0.15, 0.2) is 0 Å². The van der Waals surface area contributed by atoms with Crippen molar-refractivity contribution in [3.05, 3.63) is 35.9 Å². The van der Waals surface area contributed by atoms with Crippen LogP contribution in [0, 0.1) is 17.8 Å². The number of carbonyl (C=O) groups is 2. The largest absolute Gasteiger partial charge is 0.376 e. The van der Waals surface area contributed by atoms with Gasteiger partial charge in [-0.2, -0.15) is 0 Å². The molecule has 1 aromatic rings. The van der Waals surface area contributed by atoms with E-state index in [0.717, 1.165) is 38.5 Å². The molecule has 6 heteroatoms.